The molecule has 3 rings (SSSR count). The summed E-state index contributed by atoms with van der Waals surface area (Å²) in [6.07, 6.45) is 2.67. The lowest BCUT2D eigenvalue weighted by atomic mass is 10.2. The summed E-state index contributed by atoms with van der Waals surface area (Å²) in [7, 11) is 0. The summed E-state index contributed by atoms with van der Waals surface area (Å²) in [5, 5.41) is 9.99. The van der Waals surface area contributed by atoms with Crippen LogP contribution < -0.4 is 0 Å². The van der Waals surface area contributed by atoms with Gasteiger partial charge in [-0.3, -0.25) is 4.79 Å². The Labute approximate surface area is 134 Å². The van der Waals surface area contributed by atoms with Crippen molar-refractivity contribution < 1.29 is 9.90 Å². The van der Waals surface area contributed by atoms with Crippen molar-refractivity contribution in [1.29, 1.82) is 0 Å². The van der Waals surface area contributed by atoms with Crippen molar-refractivity contribution in [2.24, 2.45) is 0 Å². The van der Waals surface area contributed by atoms with Gasteiger partial charge in [-0.15, -0.1) is 11.8 Å². The van der Waals surface area contributed by atoms with Crippen LogP contribution in [0, 0.1) is 0 Å². The number of fused-ring (bicyclic) bond motifs is 1. The summed E-state index contributed by atoms with van der Waals surface area (Å²) in [4.78, 5) is 18.8. The minimum Gasteiger partial charge on any atom is -0.396 e. The van der Waals surface area contributed by atoms with Crippen LogP contribution in [0.4, 0.5) is 0 Å². The van der Waals surface area contributed by atoms with Crippen LogP contribution in [-0.2, 0) is 4.79 Å². The number of carbonyl (C=O) groups excluding carboxylic acids is 1. The summed E-state index contributed by atoms with van der Waals surface area (Å²) >= 11 is 1.65. The van der Waals surface area contributed by atoms with E-state index in [2.05, 4.69) is 6.07 Å². The Morgan fingerprint density at radius 1 is 1.18 bits per heavy atom. The number of rotatable bonds is 6. The van der Waals surface area contributed by atoms with E-state index in [0.717, 1.165) is 42.4 Å². The molecule has 1 aliphatic heterocycles. The molecule has 22 heavy (non-hydrogen) atoms. The average Bonchev–Trinajstić information content (AvgIpc) is 2.92. The molecule has 5 heteroatoms. The van der Waals surface area contributed by atoms with E-state index in [1.54, 1.807) is 11.8 Å². The molecule has 0 bridgehead atoms. The molecule has 116 valence electrons. The maximum atomic E-state index is 12.1. The first-order chi connectivity index (χ1) is 10.8. The SMILES string of the molecule is O=C1CSC(c2ccc3ccccc3n2)N1CCCCCO. The van der Waals surface area contributed by atoms with Gasteiger partial charge in [0.05, 0.1) is 17.0 Å². The van der Waals surface area contributed by atoms with Gasteiger partial charge in [-0.2, -0.15) is 0 Å². The molecule has 1 N–H and O–H groups in total. The number of amides is 1. The fraction of sp³-hybridized carbons (Fsp3) is 0.412. The maximum Gasteiger partial charge on any atom is 0.233 e. The van der Waals surface area contributed by atoms with E-state index in [-0.39, 0.29) is 17.9 Å². The summed E-state index contributed by atoms with van der Waals surface area (Å²) in [5.74, 6) is 0.716. The van der Waals surface area contributed by atoms with Gasteiger partial charge in [-0.25, -0.2) is 4.98 Å². The largest absolute Gasteiger partial charge is 0.396 e. The normalized spacial score (nSPS) is 18.3. The van der Waals surface area contributed by atoms with Crippen LogP contribution in [0.2, 0.25) is 0 Å². The van der Waals surface area contributed by atoms with E-state index in [1.807, 2.05) is 35.2 Å². The van der Waals surface area contributed by atoms with E-state index in [9.17, 15) is 4.79 Å². The van der Waals surface area contributed by atoms with Crippen LogP contribution in [0.1, 0.15) is 30.3 Å². The third-order valence-electron chi connectivity index (χ3n) is 3.90. The van der Waals surface area contributed by atoms with Crippen LogP contribution in [0.3, 0.4) is 0 Å². The number of aliphatic hydroxyl groups is 1. The molecule has 1 aromatic carbocycles. The van der Waals surface area contributed by atoms with Gasteiger partial charge in [0.2, 0.25) is 5.91 Å². The number of pyridine rings is 1. The van der Waals surface area contributed by atoms with Crippen molar-refractivity contribution in [2.75, 3.05) is 18.9 Å². The number of thioether (sulfide) groups is 1. The van der Waals surface area contributed by atoms with Crippen LogP contribution in [-0.4, -0.2) is 39.8 Å². The zero-order valence-corrected chi connectivity index (χ0v) is 13.3. The molecule has 1 atom stereocenters. The van der Waals surface area contributed by atoms with Crippen molar-refractivity contribution in [3.63, 3.8) is 0 Å². The molecule has 4 nitrogen and oxygen atoms in total. The van der Waals surface area contributed by atoms with Crippen LogP contribution >= 0.6 is 11.8 Å². The van der Waals surface area contributed by atoms with Crippen LogP contribution in [0.15, 0.2) is 36.4 Å². The number of para-hydroxylation sites is 1. The van der Waals surface area contributed by atoms with E-state index in [4.69, 9.17) is 10.1 Å². The smallest absolute Gasteiger partial charge is 0.233 e. The van der Waals surface area contributed by atoms with Gasteiger partial charge in [0.1, 0.15) is 5.37 Å². The van der Waals surface area contributed by atoms with Crippen molar-refractivity contribution in [2.45, 2.75) is 24.6 Å². The minimum absolute atomic E-state index is 0.0197. The third kappa shape index (κ3) is 3.25. The molecule has 0 spiro atoms. The molecule has 2 aromatic rings. The highest BCUT2D eigenvalue weighted by atomic mass is 32.2. The highest BCUT2D eigenvalue weighted by Crippen LogP contribution is 2.38. The average molecular weight is 316 g/mol. The molecule has 1 amide bonds. The number of nitrogens with zero attached hydrogens (tertiary/aromatic N) is 2. The Bertz CT molecular complexity index is 662. The molecule has 0 saturated carbocycles. The van der Waals surface area contributed by atoms with Gasteiger partial charge in [0.25, 0.3) is 0 Å². The lowest BCUT2D eigenvalue weighted by Gasteiger charge is -2.23. The Kier molecular flexibility index (Phi) is 4.95. The summed E-state index contributed by atoms with van der Waals surface area (Å²) in [6, 6.07) is 12.1. The summed E-state index contributed by atoms with van der Waals surface area (Å²) < 4.78 is 0. The van der Waals surface area contributed by atoms with Crippen LogP contribution in [0.25, 0.3) is 10.9 Å². The molecular weight excluding hydrogens is 296 g/mol. The minimum atomic E-state index is 0.0197. The molecule has 1 aromatic heterocycles. The lowest BCUT2D eigenvalue weighted by Crippen LogP contribution is -2.29. The fourth-order valence-electron chi connectivity index (χ4n) is 2.73. The van der Waals surface area contributed by atoms with Gasteiger partial charge in [0, 0.05) is 18.5 Å². The Hall–Kier alpha value is -1.59. The molecule has 1 saturated heterocycles. The van der Waals surface area contributed by atoms with E-state index in [0.29, 0.717) is 5.75 Å². The number of aromatic nitrogens is 1. The van der Waals surface area contributed by atoms with Crippen LogP contribution in [0.5, 0.6) is 0 Å². The van der Waals surface area contributed by atoms with Gasteiger partial charge in [-0.05, 0) is 31.4 Å². The molecule has 0 aliphatic carbocycles. The first kappa shape index (κ1) is 15.3. The second-order valence-electron chi connectivity index (χ2n) is 5.46. The molecule has 1 fully saturated rings. The van der Waals surface area contributed by atoms with E-state index in [1.165, 1.54) is 0 Å². The van der Waals surface area contributed by atoms with E-state index >= 15 is 0 Å². The van der Waals surface area contributed by atoms with Crippen molar-refractivity contribution >= 4 is 28.6 Å². The molecule has 2 heterocycles. The van der Waals surface area contributed by atoms with Crippen molar-refractivity contribution in [3.8, 4) is 0 Å². The monoisotopic (exact) mass is 316 g/mol. The first-order valence-electron chi connectivity index (χ1n) is 7.67. The van der Waals surface area contributed by atoms with Gasteiger partial charge in [0.15, 0.2) is 0 Å². The van der Waals surface area contributed by atoms with Gasteiger partial charge >= 0.3 is 0 Å². The second-order valence-corrected chi connectivity index (χ2v) is 6.53. The fourth-order valence-corrected chi connectivity index (χ4v) is 3.90. The third-order valence-corrected chi connectivity index (χ3v) is 5.12. The summed E-state index contributed by atoms with van der Waals surface area (Å²) in [6.45, 7) is 0.962. The van der Waals surface area contributed by atoms with Gasteiger partial charge in [-0.1, -0.05) is 24.3 Å². The highest BCUT2D eigenvalue weighted by Gasteiger charge is 2.33. The Morgan fingerprint density at radius 2 is 2.05 bits per heavy atom. The molecular formula is C17H20N2O2S. The molecule has 0 radical (unpaired) electrons. The van der Waals surface area contributed by atoms with Crippen molar-refractivity contribution in [1.82, 2.24) is 9.88 Å². The van der Waals surface area contributed by atoms with Gasteiger partial charge < -0.3 is 10.0 Å². The number of hydrogen-bond donors (Lipinski definition) is 1. The number of unbranched alkanes of at least 4 members (excludes halogenated alkanes) is 2. The predicted octanol–water partition coefficient (Wildman–Crippen LogP) is 2.97. The topological polar surface area (TPSA) is 53.4 Å². The highest BCUT2D eigenvalue weighted by molar-refractivity contribution is 8.00. The maximum absolute atomic E-state index is 12.1. The number of aliphatic hydroxyl groups excluding tert-OH is 1. The summed E-state index contributed by atoms with van der Waals surface area (Å²) in [5.41, 5.74) is 1.93. The number of hydrogen-bond acceptors (Lipinski definition) is 4. The zero-order chi connectivity index (χ0) is 15.4. The van der Waals surface area contributed by atoms with E-state index < -0.39 is 0 Å². The van der Waals surface area contributed by atoms with Crippen molar-refractivity contribution in [3.05, 3.63) is 42.1 Å². The standard InChI is InChI=1S/C17H20N2O2S/c20-11-5-1-4-10-19-16(21)12-22-17(19)15-9-8-13-6-2-3-7-14(13)18-15/h2-3,6-9,17,20H,1,4-5,10-12H2. The Balaban J connectivity index is 1.76. The number of benzene rings is 1. The predicted molar refractivity (Wildman–Crippen MR) is 89.6 cm³/mol. The molecule has 1 aliphatic rings. The number of carbonyl (C=O) groups is 1. The Morgan fingerprint density at radius 3 is 2.91 bits per heavy atom. The zero-order valence-electron chi connectivity index (χ0n) is 12.4. The second kappa shape index (κ2) is 7.11. The lowest BCUT2D eigenvalue weighted by molar-refractivity contribution is -0.128. The first-order valence-corrected chi connectivity index (χ1v) is 8.72. The molecule has 1 unspecified atom stereocenters. The quantitative estimate of drug-likeness (QED) is 0.833.